The lowest BCUT2D eigenvalue weighted by Crippen LogP contribution is -2.30. The summed E-state index contributed by atoms with van der Waals surface area (Å²) >= 11 is 0. The molecule has 0 aromatic heterocycles. The van der Waals surface area contributed by atoms with E-state index in [4.69, 9.17) is 9.47 Å². The van der Waals surface area contributed by atoms with Gasteiger partial charge in [0.1, 0.15) is 0 Å². The SMILES string of the molecule is CCCCS(=O)(=O)N1CCC(c2ccc3c(c2)OCO3)C1. The van der Waals surface area contributed by atoms with E-state index >= 15 is 0 Å². The zero-order valence-electron chi connectivity index (χ0n) is 12.2. The molecule has 2 aliphatic heterocycles. The highest BCUT2D eigenvalue weighted by Gasteiger charge is 2.32. The molecule has 1 saturated heterocycles. The van der Waals surface area contributed by atoms with Crippen LogP contribution in [0, 0.1) is 0 Å². The molecule has 0 amide bonds. The van der Waals surface area contributed by atoms with Gasteiger partial charge in [-0.3, -0.25) is 0 Å². The van der Waals surface area contributed by atoms with Crippen LogP contribution in [0.25, 0.3) is 0 Å². The van der Waals surface area contributed by atoms with Gasteiger partial charge in [-0.2, -0.15) is 0 Å². The van der Waals surface area contributed by atoms with Gasteiger partial charge in [0.25, 0.3) is 0 Å². The van der Waals surface area contributed by atoms with Gasteiger partial charge in [0.05, 0.1) is 5.75 Å². The van der Waals surface area contributed by atoms with Gasteiger partial charge in [0.15, 0.2) is 11.5 Å². The minimum Gasteiger partial charge on any atom is -0.454 e. The largest absolute Gasteiger partial charge is 0.454 e. The van der Waals surface area contributed by atoms with Crippen LogP contribution >= 0.6 is 0 Å². The molecule has 1 unspecified atom stereocenters. The summed E-state index contributed by atoms with van der Waals surface area (Å²) < 4.78 is 36.8. The van der Waals surface area contributed by atoms with E-state index in [9.17, 15) is 8.42 Å². The maximum Gasteiger partial charge on any atom is 0.231 e. The van der Waals surface area contributed by atoms with Crippen molar-refractivity contribution in [2.45, 2.75) is 32.1 Å². The van der Waals surface area contributed by atoms with Gasteiger partial charge in [-0.25, -0.2) is 12.7 Å². The van der Waals surface area contributed by atoms with Crippen molar-refractivity contribution >= 4 is 10.0 Å². The predicted octanol–water partition coefficient (Wildman–Crippen LogP) is 2.33. The van der Waals surface area contributed by atoms with Crippen LogP contribution in [0.15, 0.2) is 18.2 Å². The van der Waals surface area contributed by atoms with Gasteiger partial charge in [0, 0.05) is 13.1 Å². The summed E-state index contributed by atoms with van der Waals surface area (Å²) in [6.45, 7) is 3.47. The van der Waals surface area contributed by atoms with Crippen LogP contribution < -0.4 is 9.47 Å². The Morgan fingerprint density at radius 3 is 2.90 bits per heavy atom. The molecule has 2 aliphatic rings. The van der Waals surface area contributed by atoms with Crippen molar-refractivity contribution in [3.8, 4) is 11.5 Å². The van der Waals surface area contributed by atoms with Crippen molar-refractivity contribution in [2.75, 3.05) is 25.6 Å². The summed E-state index contributed by atoms with van der Waals surface area (Å²) in [5.74, 6) is 2.04. The molecule has 0 saturated carbocycles. The Labute approximate surface area is 125 Å². The van der Waals surface area contributed by atoms with Crippen LogP contribution in [0.3, 0.4) is 0 Å². The maximum atomic E-state index is 12.2. The molecule has 3 rings (SSSR count). The molecule has 0 N–H and O–H groups in total. The Morgan fingerprint density at radius 2 is 2.10 bits per heavy atom. The molecule has 1 aromatic rings. The van der Waals surface area contributed by atoms with Crippen molar-refractivity contribution in [2.24, 2.45) is 0 Å². The fraction of sp³-hybridized carbons (Fsp3) is 0.600. The van der Waals surface area contributed by atoms with Crippen LogP contribution in [0.1, 0.15) is 37.7 Å². The zero-order chi connectivity index (χ0) is 14.9. The van der Waals surface area contributed by atoms with Crippen LogP contribution in [0.2, 0.25) is 0 Å². The molecule has 5 nitrogen and oxygen atoms in total. The highest BCUT2D eigenvalue weighted by Crippen LogP contribution is 2.37. The Balaban J connectivity index is 1.70. The first kappa shape index (κ1) is 14.7. The maximum absolute atomic E-state index is 12.2. The molecule has 0 spiro atoms. The summed E-state index contributed by atoms with van der Waals surface area (Å²) in [6, 6.07) is 5.90. The first-order valence-electron chi connectivity index (χ1n) is 7.47. The van der Waals surface area contributed by atoms with Gasteiger partial charge >= 0.3 is 0 Å². The molecule has 0 bridgehead atoms. The van der Waals surface area contributed by atoms with Crippen LogP contribution in [-0.2, 0) is 10.0 Å². The second kappa shape index (κ2) is 5.85. The second-order valence-corrected chi connectivity index (χ2v) is 7.71. The molecule has 6 heteroatoms. The Kier molecular flexibility index (Phi) is 4.08. The molecule has 2 heterocycles. The number of hydrogen-bond donors (Lipinski definition) is 0. The van der Waals surface area contributed by atoms with E-state index in [1.807, 2.05) is 25.1 Å². The first-order chi connectivity index (χ1) is 10.1. The highest BCUT2D eigenvalue weighted by molar-refractivity contribution is 7.89. The number of hydrogen-bond acceptors (Lipinski definition) is 4. The van der Waals surface area contributed by atoms with Crippen LogP contribution in [0.5, 0.6) is 11.5 Å². The third kappa shape index (κ3) is 3.01. The van der Waals surface area contributed by atoms with Crippen molar-refractivity contribution in [3.63, 3.8) is 0 Å². The Bertz CT molecular complexity index is 614. The lowest BCUT2D eigenvalue weighted by molar-refractivity contribution is 0.174. The zero-order valence-corrected chi connectivity index (χ0v) is 13.1. The van der Waals surface area contributed by atoms with Gasteiger partial charge < -0.3 is 9.47 Å². The van der Waals surface area contributed by atoms with Crippen molar-refractivity contribution in [1.82, 2.24) is 4.31 Å². The van der Waals surface area contributed by atoms with E-state index in [1.54, 1.807) is 4.31 Å². The van der Waals surface area contributed by atoms with Crippen molar-refractivity contribution in [3.05, 3.63) is 23.8 Å². The molecule has 116 valence electrons. The number of nitrogens with zero attached hydrogens (tertiary/aromatic N) is 1. The summed E-state index contributed by atoms with van der Waals surface area (Å²) in [7, 11) is -3.10. The van der Waals surface area contributed by atoms with Crippen molar-refractivity contribution in [1.29, 1.82) is 0 Å². The Hall–Kier alpha value is -1.27. The fourth-order valence-electron chi connectivity index (χ4n) is 2.88. The Morgan fingerprint density at radius 1 is 1.29 bits per heavy atom. The number of unbranched alkanes of at least 4 members (excludes halogenated alkanes) is 1. The van der Waals surface area contributed by atoms with E-state index in [-0.39, 0.29) is 18.5 Å². The average molecular weight is 311 g/mol. The van der Waals surface area contributed by atoms with E-state index in [0.29, 0.717) is 13.1 Å². The molecule has 1 aromatic carbocycles. The predicted molar refractivity (Wildman–Crippen MR) is 80.2 cm³/mol. The number of sulfonamides is 1. The average Bonchev–Trinajstić information content (AvgIpc) is 3.13. The lowest BCUT2D eigenvalue weighted by atomic mass is 9.98. The standard InChI is InChI=1S/C15H21NO4S/c1-2-3-8-21(17,18)16-7-6-13(10-16)12-4-5-14-15(9-12)20-11-19-14/h4-5,9,13H,2-3,6-8,10-11H2,1H3. The number of rotatable bonds is 5. The molecule has 0 aliphatic carbocycles. The quantitative estimate of drug-likeness (QED) is 0.837. The van der Waals surface area contributed by atoms with Gasteiger partial charge in [0.2, 0.25) is 16.8 Å². The monoisotopic (exact) mass is 311 g/mol. The first-order valence-corrected chi connectivity index (χ1v) is 9.08. The van der Waals surface area contributed by atoms with Crippen LogP contribution in [-0.4, -0.2) is 38.4 Å². The lowest BCUT2D eigenvalue weighted by Gasteiger charge is -2.16. The normalized spacial score (nSPS) is 21.9. The van der Waals surface area contributed by atoms with E-state index in [1.165, 1.54) is 0 Å². The number of fused-ring (bicyclic) bond motifs is 1. The van der Waals surface area contributed by atoms with E-state index < -0.39 is 10.0 Å². The van der Waals surface area contributed by atoms with Crippen LogP contribution in [0.4, 0.5) is 0 Å². The van der Waals surface area contributed by atoms with Gasteiger partial charge in [-0.15, -0.1) is 0 Å². The third-order valence-electron chi connectivity index (χ3n) is 4.17. The molecular weight excluding hydrogens is 290 g/mol. The molecule has 0 radical (unpaired) electrons. The second-order valence-electron chi connectivity index (χ2n) is 5.63. The fourth-order valence-corrected chi connectivity index (χ4v) is 4.58. The molecule has 1 atom stereocenters. The molecular formula is C15H21NO4S. The van der Waals surface area contributed by atoms with E-state index in [0.717, 1.165) is 36.3 Å². The summed E-state index contributed by atoms with van der Waals surface area (Å²) in [5, 5.41) is 0. The smallest absolute Gasteiger partial charge is 0.231 e. The number of benzene rings is 1. The topological polar surface area (TPSA) is 55.8 Å². The third-order valence-corrected chi connectivity index (χ3v) is 6.09. The summed E-state index contributed by atoms with van der Waals surface area (Å²) in [5.41, 5.74) is 1.13. The molecule has 1 fully saturated rings. The molecule has 21 heavy (non-hydrogen) atoms. The van der Waals surface area contributed by atoms with Gasteiger partial charge in [-0.05, 0) is 36.5 Å². The summed E-state index contributed by atoms with van der Waals surface area (Å²) in [6.07, 6.45) is 2.50. The minimum atomic E-state index is -3.10. The van der Waals surface area contributed by atoms with Crippen molar-refractivity contribution < 1.29 is 17.9 Å². The number of ether oxygens (including phenoxy) is 2. The van der Waals surface area contributed by atoms with Gasteiger partial charge in [-0.1, -0.05) is 19.4 Å². The van der Waals surface area contributed by atoms with E-state index in [2.05, 4.69) is 0 Å². The minimum absolute atomic E-state index is 0.246. The summed E-state index contributed by atoms with van der Waals surface area (Å²) in [4.78, 5) is 0. The highest BCUT2D eigenvalue weighted by atomic mass is 32.2.